The SMILES string of the molecule is C/C(=N/NC(=O)c1ccoc1C)c1cc2ccccc2o1. The molecule has 0 aliphatic carbocycles. The summed E-state index contributed by atoms with van der Waals surface area (Å²) in [6, 6.07) is 11.2. The highest BCUT2D eigenvalue weighted by molar-refractivity contribution is 6.01. The van der Waals surface area contributed by atoms with E-state index in [1.807, 2.05) is 30.3 Å². The fourth-order valence-corrected chi connectivity index (χ4v) is 2.03. The Morgan fingerprint density at radius 2 is 2.05 bits per heavy atom. The molecule has 1 N–H and O–H groups in total. The van der Waals surface area contributed by atoms with Crippen molar-refractivity contribution >= 4 is 22.6 Å². The first-order valence-electron chi connectivity index (χ1n) is 6.53. The highest BCUT2D eigenvalue weighted by Gasteiger charge is 2.11. The summed E-state index contributed by atoms with van der Waals surface area (Å²) in [7, 11) is 0. The lowest BCUT2D eigenvalue weighted by atomic mass is 10.2. The predicted molar refractivity (Wildman–Crippen MR) is 79.3 cm³/mol. The third-order valence-corrected chi connectivity index (χ3v) is 3.21. The summed E-state index contributed by atoms with van der Waals surface area (Å²) < 4.78 is 10.8. The van der Waals surface area contributed by atoms with Crippen LogP contribution in [0.1, 0.15) is 28.8 Å². The summed E-state index contributed by atoms with van der Waals surface area (Å²) in [6.45, 7) is 3.50. The van der Waals surface area contributed by atoms with E-state index in [-0.39, 0.29) is 5.91 Å². The van der Waals surface area contributed by atoms with Crippen LogP contribution < -0.4 is 5.43 Å². The van der Waals surface area contributed by atoms with Crippen molar-refractivity contribution in [3.8, 4) is 0 Å². The van der Waals surface area contributed by atoms with Gasteiger partial charge >= 0.3 is 0 Å². The Morgan fingerprint density at radius 1 is 1.24 bits per heavy atom. The summed E-state index contributed by atoms with van der Waals surface area (Å²) in [4.78, 5) is 11.9. The zero-order valence-electron chi connectivity index (χ0n) is 11.7. The molecule has 3 rings (SSSR count). The third-order valence-electron chi connectivity index (χ3n) is 3.21. The molecule has 0 atom stereocenters. The van der Waals surface area contributed by atoms with Crippen LogP contribution in [0.15, 0.2) is 56.6 Å². The van der Waals surface area contributed by atoms with Crippen molar-refractivity contribution < 1.29 is 13.6 Å². The maximum atomic E-state index is 11.9. The number of amides is 1. The lowest BCUT2D eigenvalue weighted by Crippen LogP contribution is -2.19. The molecule has 5 heteroatoms. The van der Waals surface area contributed by atoms with Crippen molar-refractivity contribution in [3.63, 3.8) is 0 Å². The number of nitrogens with zero attached hydrogens (tertiary/aromatic N) is 1. The Hall–Kier alpha value is -2.82. The predicted octanol–water partition coefficient (Wildman–Crippen LogP) is 3.49. The summed E-state index contributed by atoms with van der Waals surface area (Å²) in [6.07, 6.45) is 1.47. The van der Waals surface area contributed by atoms with Gasteiger partial charge in [-0.1, -0.05) is 18.2 Å². The van der Waals surface area contributed by atoms with E-state index in [1.54, 1.807) is 19.9 Å². The first kappa shape index (κ1) is 13.2. The second kappa shape index (κ2) is 5.28. The van der Waals surface area contributed by atoms with Gasteiger partial charge in [-0.05, 0) is 32.0 Å². The van der Waals surface area contributed by atoms with Crippen LogP contribution in [0.3, 0.4) is 0 Å². The van der Waals surface area contributed by atoms with E-state index in [4.69, 9.17) is 8.83 Å². The van der Waals surface area contributed by atoms with Gasteiger partial charge in [0.05, 0.1) is 11.8 Å². The maximum Gasteiger partial charge on any atom is 0.274 e. The molecular formula is C16H14N2O3. The number of nitrogens with one attached hydrogen (secondary N) is 1. The Kier molecular flexibility index (Phi) is 3.31. The molecule has 0 bridgehead atoms. The smallest absolute Gasteiger partial charge is 0.274 e. The molecule has 0 radical (unpaired) electrons. The van der Waals surface area contributed by atoms with Crippen molar-refractivity contribution in [3.05, 3.63) is 59.7 Å². The molecule has 3 aromatic rings. The van der Waals surface area contributed by atoms with Gasteiger partial charge in [0.2, 0.25) is 0 Å². The molecule has 0 unspecified atom stereocenters. The van der Waals surface area contributed by atoms with Gasteiger partial charge in [-0.25, -0.2) is 5.43 Å². The molecule has 0 saturated carbocycles. The fourth-order valence-electron chi connectivity index (χ4n) is 2.03. The van der Waals surface area contributed by atoms with Crippen LogP contribution >= 0.6 is 0 Å². The number of benzene rings is 1. The number of hydrogen-bond donors (Lipinski definition) is 1. The molecule has 0 aliphatic rings. The zero-order valence-corrected chi connectivity index (χ0v) is 11.7. The molecule has 5 nitrogen and oxygen atoms in total. The molecule has 21 heavy (non-hydrogen) atoms. The molecule has 1 aromatic carbocycles. The van der Waals surface area contributed by atoms with Crippen LogP contribution in [-0.2, 0) is 0 Å². The van der Waals surface area contributed by atoms with Crippen molar-refractivity contribution in [1.29, 1.82) is 0 Å². The van der Waals surface area contributed by atoms with E-state index in [0.717, 1.165) is 11.0 Å². The Morgan fingerprint density at radius 3 is 2.76 bits per heavy atom. The van der Waals surface area contributed by atoms with Gasteiger partial charge < -0.3 is 8.83 Å². The van der Waals surface area contributed by atoms with E-state index in [0.29, 0.717) is 22.8 Å². The minimum atomic E-state index is -0.309. The van der Waals surface area contributed by atoms with E-state index in [9.17, 15) is 4.79 Å². The van der Waals surface area contributed by atoms with Crippen LogP contribution in [0.5, 0.6) is 0 Å². The Balaban J connectivity index is 1.79. The van der Waals surface area contributed by atoms with Crippen molar-refractivity contribution in [1.82, 2.24) is 5.43 Å². The lowest BCUT2D eigenvalue weighted by Gasteiger charge is -1.99. The van der Waals surface area contributed by atoms with Crippen LogP contribution in [0.4, 0.5) is 0 Å². The van der Waals surface area contributed by atoms with Gasteiger partial charge in [0.15, 0.2) is 5.76 Å². The molecule has 106 valence electrons. The first-order valence-corrected chi connectivity index (χ1v) is 6.53. The normalized spacial score (nSPS) is 11.8. The van der Waals surface area contributed by atoms with E-state index in [2.05, 4.69) is 10.5 Å². The largest absolute Gasteiger partial charge is 0.469 e. The van der Waals surface area contributed by atoms with Gasteiger partial charge in [-0.15, -0.1) is 0 Å². The Labute approximate surface area is 121 Å². The van der Waals surface area contributed by atoms with E-state index < -0.39 is 0 Å². The van der Waals surface area contributed by atoms with Crippen LogP contribution in [0, 0.1) is 6.92 Å². The quantitative estimate of drug-likeness (QED) is 0.590. The molecule has 0 fully saturated rings. The average Bonchev–Trinajstić information content (AvgIpc) is 3.10. The first-order chi connectivity index (χ1) is 10.1. The van der Waals surface area contributed by atoms with Gasteiger partial charge in [0.25, 0.3) is 5.91 Å². The number of carbonyl (C=O) groups is 1. The van der Waals surface area contributed by atoms with E-state index in [1.165, 1.54) is 6.26 Å². The molecule has 2 heterocycles. The number of fused-ring (bicyclic) bond motifs is 1. The number of furan rings is 2. The number of hydrogen-bond acceptors (Lipinski definition) is 4. The van der Waals surface area contributed by atoms with Crippen molar-refractivity contribution in [2.24, 2.45) is 5.10 Å². The van der Waals surface area contributed by atoms with Crippen LogP contribution in [-0.4, -0.2) is 11.6 Å². The van der Waals surface area contributed by atoms with Crippen molar-refractivity contribution in [2.45, 2.75) is 13.8 Å². The topological polar surface area (TPSA) is 67.7 Å². The van der Waals surface area contributed by atoms with Gasteiger partial charge in [0, 0.05) is 5.39 Å². The summed E-state index contributed by atoms with van der Waals surface area (Å²) in [5.41, 5.74) is 4.35. The highest BCUT2D eigenvalue weighted by atomic mass is 16.3. The van der Waals surface area contributed by atoms with Gasteiger partial charge in [0.1, 0.15) is 17.1 Å². The molecule has 0 spiro atoms. The standard InChI is InChI=1S/C16H14N2O3/c1-10(15-9-12-5-3-4-6-14(12)21-15)17-18-16(19)13-7-8-20-11(13)2/h3-9H,1-2H3,(H,18,19)/b17-10-. The van der Waals surface area contributed by atoms with Gasteiger partial charge in [-0.2, -0.15) is 5.10 Å². The number of hydrazone groups is 1. The highest BCUT2D eigenvalue weighted by Crippen LogP contribution is 2.19. The third kappa shape index (κ3) is 2.58. The second-order valence-corrected chi connectivity index (χ2v) is 4.68. The zero-order chi connectivity index (χ0) is 14.8. The molecule has 1 amide bonds. The minimum absolute atomic E-state index is 0.309. The summed E-state index contributed by atoms with van der Waals surface area (Å²) in [5, 5.41) is 5.07. The van der Waals surface area contributed by atoms with Gasteiger partial charge in [-0.3, -0.25) is 4.79 Å². The number of rotatable bonds is 3. The summed E-state index contributed by atoms with van der Waals surface area (Å²) in [5.74, 6) is 0.876. The van der Waals surface area contributed by atoms with Crippen LogP contribution in [0.2, 0.25) is 0 Å². The molecule has 2 aromatic heterocycles. The fraction of sp³-hybridized carbons (Fsp3) is 0.125. The second-order valence-electron chi connectivity index (χ2n) is 4.68. The monoisotopic (exact) mass is 282 g/mol. The molecule has 0 aliphatic heterocycles. The summed E-state index contributed by atoms with van der Waals surface area (Å²) >= 11 is 0. The number of para-hydroxylation sites is 1. The van der Waals surface area contributed by atoms with Crippen LogP contribution in [0.25, 0.3) is 11.0 Å². The minimum Gasteiger partial charge on any atom is -0.469 e. The molecular weight excluding hydrogens is 268 g/mol. The lowest BCUT2D eigenvalue weighted by molar-refractivity contribution is 0.0953. The van der Waals surface area contributed by atoms with E-state index >= 15 is 0 Å². The Bertz CT molecular complexity index is 794. The molecule has 0 saturated heterocycles. The van der Waals surface area contributed by atoms with Crippen molar-refractivity contribution in [2.75, 3.05) is 0 Å². The maximum absolute atomic E-state index is 11.9. The number of carbonyl (C=O) groups excluding carboxylic acids is 1. The number of aryl methyl sites for hydroxylation is 1. The average molecular weight is 282 g/mol.